The molecule has 0 bridgehead atoms. The van der Waals surface area contributed by atoms with Crippen LogP contribution in [0.5, 0.6) is 0 Å². The molecule has 0 aliphatic heterocycles. The third kappa shape index (κ3) is 7.36. The molecule has 0 rings (SSSR count). The minimum absolute atomic E-state index is 0.187. The van der Waals surface area contributed by atoms with Gasteiger partial charge in [-0.2, -0.15) is 0 Å². The molecular formula is C13H22F2. The Kier molecular flexibility index (Phi) is 7.38. The van der Waals surface area contributed by atoms with E-state index in [0.717, 1.165) is 19.3 Å². The van der Waals surface area contributed by atoms with E-state index < -0.39 is 6.67 Å². The van der Waals surface area contributed by atoms with Gasteiger partial charge in [-0.05, 0) is 30.6 Å². The Morgan fingerprint density at radius 3 is 2.20 bits per heavy atom. The molecule has 0 aromatic heterocycles. The molecule has 15 heavy (non-hydrogen) atoms. The van der Waals surface area contributed by atoms with Crippen molar-refractivity contribution in [2.75, 3.05) is 13.3 Å². The molecule has 0 radical (unpaired) electrons. The lowest BCUT2D eigenvalue weighted by atomic mass is 9.76. The third-order valence-corrected chi connectivity index (χ3v) is 2.72. The third-order valence-electron chi connectivity index (χ3n) is 2.72. The van der Waals surface area contributed by atoms with E-state index in [1.807, 2.05) is 0 Å². The summed E-state index contributed by atoms with van der Waals surface area (Å²) in [5.74, 6) is 5.69. The second-order valence-electron chi connectivity index (χ2n) is 4.92. The molecule has 0 aromatic carbocycles. The van der Waals surface area contributed by atoms with Gasteiger partial charge in [-0.3, -0.25) is 4.39 Å². The van der Waals surface area contributed by atoms with Crippen LogP contribution < -0.4 is 0 Å². The van der Waals surface area contributed by atoms with Crippen LogP contribution in [-0.4, -0.2) is 13.3 Å². The molecule has 0 saturated heterocycles. The maximum atomic E-state index is 12.1. The second-order valence-corrected chi connectivity index (χ2v) is 4.92. The first kappa shape index (κ1) is 14.4. The Bertz CT molecular complexity index is 205. The van der Waals surface area contributed by atoms with Crippen LogP contribution in [0.3, 0.4) is 0 Å². The maximum absolute atomic E-state index is 12.1. The Morgan fingerprint density at radius 2 is 1.73 bits per heavy atom. The van der Waals surface area contributed by atoms with Gasteiger partial charge in [0.05, 0.1) is 6.67 Å². The van der Waals surface area contributed by atoms with Crippen molar-refractivity contribution >= 4 is 0 Å². The molecule has 88 valence electrons. The van der Waals surface area contributed by atoms with Gasteiger partial charge in [-0.25, -0.2) is 4.39 Å². The van der Waals surface area contributed by atoms with Crippen LogP contribution in [0.1, 0.15) is 46.5 Å². The van der Waals surface area contributed by atoms with Crippen molar-refractivity contribution in [2.45, 2.75) is 46.5 Å². The predicted octanol–water partition coefficient (Wildman–Crippen LogP) is 4.15. The first-order chi connectivity index (χ1) is 7.02. The lowest BCUT2D eigenvalue weighted by molar-refractivity contribution is 0.204. The average molecular weight is 216 g/mol. The number of halogens is 2. The van der Waals surface area contributed by atoms with Gasteiger partial charge < -0.3 is 0 Å². The summed E-state index contributed by atoms with van der Waals surface area (Å²) in [6.45, 7) is 5.68. The molecule has 0 spiro atoms. The molecule has 0 saturated carbocycles. The lowest BCUT2D eigenvalue weighted by Gasteiger charge is -2.30. The molecule has 2 heteroatoms. The minimum atomic E-state index is -0.565. The van der Waals surface area contributed by atoms with E-state index in [0.29, 0.717) is 12.3 Å². The van der Waals surface area contributed by atoms with E-state index in [-0.39, 0.29) is 12.1 Å². The standard InChI is InChI=1S/C13H22F2/c1-13(2,3)12(9-7-11-15)8-5-4-6-10-14/h12H,5,7-11H2,1-3H3. The Labute approximate surface area is 92.4 Å². The highest BCUT2D eigenvalue weighted by Gasteiger charge is 2.23. The molecule has 0 aliphatic carbocycles. The molecule has 1 atom stereocenters. The Balaban J connectivity index is 4.02. The smallest absolute Gasteiger partial charge is 0.150 e. The van der Waals surface area contributed by atoms with E-state index >= 15 is 0 Å². The van der Waals surface area contributed by atoms with Crippen LogP contribution in [0.15, 0.2) is 0 Å². The van der Waals surface area contributed by atoms with Gasteiger partial charge in [-0.15, -0.1) is 5.92 Å². The van der Waals surface area contributed by atoms with Crippen LogP contribution in [0.4, 0.5) is 8.78 Å². The number of hydrogen-bond donors (Lipinski definition) is 0. The zero-order valence-electron chi connectivity index (χ0n) is 10.1. The summed E-state index contributed by atoms with van der Waals surface area (Å²) < 4.78 is 23.8. The maximum Gasteiger partial charge on any atom is 0.150 e. The van der Waals surface area contributed by atoms with Crippen molar-refractivity contribution in [1.29, 1.82) is 0 Å². The molecule has 0 amide bonds. The van der Waals surface area contributed by atoms with Gasteiger partial charge in [0.25, 0.3) is 0 Å². The summed E-state index contributed by atoms with van der Waals surface area (Å²) in [6.07, 6.45) is 3.18. The van der Waals surface area contributed by atoms with Gasteiger partial charge in [0.2, 0.25) is 0 Å². The van der Waals surface area contributed by atoms with Crippen LogP contribution in [-0.2, 0) is 0 Å². The minimum Gasteiger partial charge on any atom is -0.251 e. The van der Waals surface area contributed by atoms with Crippen molar-refractivity contribution in [3.05, 3.63) is 0 Å². The molecule has 0 aliphatic rings. The van der Waals surface area contributed by atoms with Crippen LogP contribution in [0.25, 0.3) is 0 Å². The van der Waals surface area contributed by atoms with Gasteiger partial charge >= 0.3 is 0 Å². The van der Waals surface area contributed by atoms with Crippen molar-refractivity contribution < 1.29 is 8.78 Å². The number of alkyl halides is 2. The van der Waals surface area contributed by atoms with E-state index in [4.69, 9.17) is 0 Å². The van der Waals surface area contributed by atoms with Crippen LogP contribution >= 0.6 is 0 Å². The molecular weight excluding hydrogens is 194 g/mol. The largest absolute Gasteiger partial charge is 0.251 e. The molecule has 0 fully saturated rings. The number of hydrogen-bond acceptors (Lipinski definition) is 0. The Morgan fingerprint density at radius 1 is 1.07 bits per heavy atom. The molecule has 0 heterocycles. The van der Waals surface area contributed by atoms with Gasteiger partial charge in [0.1, 0.15) is 6.67 Å². The quantitative estimate of drug-likeness (QED) is 0.605. The zero-order chi connectivity index (χ0) is 11.7. The van der Waals surface area contributed by atoms with E-state index in [2.05, 4.69) is 32.6 Å². The topological polar surface area (TPSA) is 0 Å². The van der Waals surface area contributed by atoms with Crippen molar-refractivity contribution in [2.24, 2.45) is 11.3 Å². The molecule has 0 nitrogen and oxygen atoms in total. The summed E-state index contributed by atoms with van der Waals surface area (Å²) in [7, 11) is 0. The zero-order valence-corrected chi connectivity index (χ0v) is 10.1. The highest BCUT2D eigenvalue weighted by molar-refractivity contribution is 4.99. The van der Waals surface area contributed by atoms with Crippen molar-refractivity contribution in [1.82, 2.24) is 0 Å². The van der Waals surface area contributed by atoms with Crippen molar-refractivity contribution in [3.63, 3.8) is 0 Å². The van der Waals surface area contributed by atoms with E-state index in [1.165, 1.54) is 0 Å². The summed E-state index contributed by atoms with van der Waals surface area (Å²) in [6, 6.07) is 0. The Hall–Kier alpha value is -0.580. The summed E-state index contributed by atoms with van der Waals surface area (Å²) in [5, 5.41) is 0. The van der Waals surface area contributed by atoms with Crippen LogP contribution in [0, 0.1) is 23.2 Å². The SMILES string of the molecule is CC(C)(C)C(CCC#CCF)CCCF. The van der Waals surface area contributed by atoms with Gasteiger partial charge in [0.15, 0.2) is 0 Å². The predicted molar refractivity (Wildman–Crippen MR) is 61.1 cm³/mol. The fraction of sp³-hybridized carbons (Fsp3) is 0.846. The summed E-state index contributed by atoms with van der Waals surface area (Å²) >= 11 is 0. The first-order valence-corrected chi connectivity index (χ1v) is 5.60. The van der Waals surface area contributed by atoms with E-state index in [9.17, 15) is 8.78 Å². The molecule has 0 N–H and O–H groups in total. The molecule has 0 aromatic rings. The van der Waals surface area contributed by atoms with Crippen molar-refractivity contribution in [3.8, 4) is 11.8 Å². The molecule has 1 unspecified atom stereocenters. The monoisotopic (exact) mass is 216 g/mol. The number of rotatable bonds is 5. The normalized spacial score (nSPS) is 13.1. The highest BCUT2D eigenvalue weighted by Crippen LogP contribution is 2.33. The van der Waals surface area contributed by atoms with Crippen LogP contribution in [0.2, 0.25) is 0 Å². The van der Waals surface area contributed by atoms with Gasteiger partial charge in [0, 0.05) is 6.42 Å². The second kappa shape index (κ2) is 7.68. The fourth-order valence-electron chi connectivity index (χ4n) is 1.72. The first-order valence-electron chi connectivity index (χ1n) is 5.60. The fourth-order valence-corrected chi connectivity index (χ4v) is 1.72. The lowest BCUT2D eigenvalue weighted by Crippen LogP contribution is -2.20. The average Bonchev–Trinajstić information content (AvgIpc) is 2.15. The highest BCUT2D eigenvalue weighted by atomic mass is 19.1. The van der Waals surface area contributed by atoms with E-state index in [1.54, 1.807) is 0 Å². The summed E-state index contributed by atoms with van der Waals surface area (Å²) in [5.41, 5.74) is 0.187. The van der Waals surface area contributed by atoms with Gasteiger partial charge in [-0.1, -0.05) is 26.7 Å². The summed E-state index contributed by atoms with van der Waals surface area (Å²) in [4.78, 5) is 0.